The van der Waals surface area contributed by atoms with Crippen LogP contribution in [0.2, 0.25) is 0 Å². The third-order valence-corrected chi connectivity index (χ3v) is 4.64. The summed E-state index contributed by atoms with van der Waals surface area (Å²) in [5.74, 6) is 2.09. The predicted molar refractivity (Wildman–Crippen MR) is 91.7 cm³/mol. The van der Waals surface area contributed by atoms with Gasteiger partial charge < -0.3 is 4.74 Å². The van der Waals surface area contributed by atoms with E-state index in [0.29, 0.717) is 17.8 Å². The molecule has 4 heteroatoms. The molecular weight excluding hydrogens is 288 g/mol. The van der Waals surface area contributed by atoms with Gasteiger partial charge in [0.05, 0.1) is 0 Å². The van der Waals surface area contributed by atoms with Crippen molar-refractivity contribution in [2.24, 2.45) is 16.9 Å². The van der Waals surface area contributed by atoms with Gasteiger partial charge in [0.1, 0.15) is 5.75 Å². The van der Waals surface area contributed by atoms with Gasteiger partial charge in [-0.25, -0.2) is 5.43 Å². The smallest absolute Gasteiger partial charge is 0.277 e. The van der Waals surface area contributed by atoms with Crippen molar-refractivity contribution in [3.63, 3.8) is 0 Å². The Labute approximate surface area is 137 Å². The molecule has 1 aromatic carbocycles. The lowest BCUT2D eigenvalue weighted by Gasteiger charge is -2.31. The summed E-state index contributed by atoms with van der Waals surface area (Å²) in [5.41, 5.74) is 5.97. The summed E-state index contributed by atoms with van der Waals surface area (Å²) in [6.07, 6.45) is 6.47. The number of rotatable bonds is 5. The van der Waals surface area contributed by atoms with Crippen LogP contribution in [0.4, 0.5) is 0 Å². The van der Waals surface area contributed by atoms with Crippen LogP contribution in [0.5, 0.6) is 5.75 Å². The number of ether oxygens (including phenoxy) is 1. The van der Waals surface area contributed by atoms with Crippen molar-refractivity contribution in [1.82, 2.24) is 5.43 Å². The number of fused-ring (bicyclic) bond motifs is 1. The summed E-state index contributed by atoms with van der Waals surface area (Å²) in [4.78, 5) is 12.0. The molecule has 2 aliphatic carbocycles. The topological polar surface area (TPSA) is 50.7 Å². The fraction of sp³-hybridized carbons (Fsp3) is 0.474. The monoisotopic (exact) mass is 312 g/mol. The molecule has 0 spiro atoms. The van der Waals surface area contributed by atoms with Crippen LogP contribution in [0.25, 0.3) is 0 Å². The lowest BCUT2D eigenvalue weighted by molar-refractivity contribution is -0.123. The number of benzene rings is 1. The molecule has 0 unspecified atom stereocenters. The van der Waals surface area contributed by atoms with E-state index in [2.05, 4.69) is 48.7 Å². The Morgan fingerprint density at radius 3 is 3.00 bits per heavy atom. The number of allylic oxidation sites excluding steroid dienone is 2. The molecule has 1 aromatic rings. The van der Waals surface area contributed by atoms with Crippen molar-refractivity contribution >= 4 is 11.6 Å². The number of hydrazone groups is 1. The van der Waals surface area contributed by atoms with Gasteiger partial charge in [0, 0.05) is 11.6 Å². The van der Waals surface area contributed by atoms with Crippen LogP contribution in [0.3, 0.4) is 0 Å². The first kappa shape index (κ1) is 15.8. The quantitative estimate of drug-likeness (QED) is 0.667. The summed E-state index contributed by atoms with van der Waals surface area (Å²) in [7, 11) is 0. The predicted octanol–water partition coefficient (Wildman–Crippen LogP) is 3.57. The van der Waals surface area contributed by atoms with E-state index in [1.165, 1.54) is 0 Å². The molecule has 0 saturated heterocycles. The normalized spacial score (nSPS) is 23.7. The molecule has 2 aliphatic rings. The number of nitrogens with zero attached hydrogens (tertiary/aromatic N) is 1. The average Bonchev–Trinajstić information content (AvgIpc) is 2.86. The van der Waals surface area contributed by atoms with Crippen molar-refractivity contribution in [3.8, 4) is 5.75 Å². The van der Waals surface area contributed by atoms with Gasteiger partial charge in [-0.1, -0.05) is 38.1 Å². The number of amides is 1. The first-order valence-electron chi connectivity index (χ1n) is 8.30. The molecule has 0 radical (unpaired) electrons. The maximum Gasteiger partial charge on any atom is 0.277 e. The number of aryl methyl sites for hydroxylation is 1. The Kier molecular flexibility index (Phi) is 4.51. The first-order valence-corrected chi connectivity index (χ1v) is 8.30. The third-order valence-electron chi connectivity index (χ3n) is 4.64. The molecule has 0 aromatic heterocycles. The maximum absolute atomic E-state index is 12.0. The van der Waals surface area contributed by atoms with Gasteiger partial charge >= 0.3 is 0 Å². The number of hydrogen-bond donors (Lipinski definition) is 1. The zero-order chi connectivity index (χ0) is 16.4. The molecule has 1 fully saturated rings. The van der Waals surface area contributed by atoms with E-state index >= 15 is 0 Å². The molecule has 1 saturated carbocycles. The van der Waals surface area contributed by atoms with Crippen molar-refractivity contribution in [1.29, 1.82) is 0 Å². The molecule has 0 bridgehead atoms. The molecule has 23 heavy (non-hydrogen) atoms. The second kappa shape index (κ2) is 6.57. The highest BCUT2D eigenvalue weighted by atomic mass is 16.5. The number of nitrogens with one attached hydrogen (secondary N) is 1. The van der Waals surface area contributed by atoms with E-state index in [-0.39, 0.29) is 12.5 Å². The third kappa shape index (κ3) is 3.46. The molecule has 0 heterocycles. The van der Waals surface area contributed by atoms with E-state index in [9.17, 15) is 4.79 Å². The van der Waals surface area contributed by atoms with Crippen molar-refractivity contribution in [2.45, 2.75) is 39.5 Å². The van der Waals surface area contributed by atoms with Gasteiger partial charge in [0.25, 0.3) is 5.91 Å². The van der Waals surface area contributed by atoms with E-state index in [4.69, 9.17) is 4.74 Å². The highest BCUT2D eigenvalue weighted by Gasteiger charge is 2.37. The Morgan fingerprint density at radius 1 is 1.43 bits per heavy atom. The standard InChI is InChI=1S/C19H24N2O2/c1-12(2)15-8-7-13(3)9-18(15)23-11-19(22)21-20-17-10-14-5-4-6-16(14)17/h4-5,7-9,12,14,16H,6,10-11H2,1-3H3,(H,21,22)/b20-17-/t14-,16+/m0/s1. The summed E-state index contributed by atoms with van der Waals surface area (Å²) in [6, 6.07) is 6.11. The average molecular weight is 312 g/mol. The zero-order valence-electron chi connectivity index (χ0n) is 14.0. The van der Waals surface area contributed by atoms with Crippen LogP contribution in [-0.2, 0) is 4.79 Å². The minimum absolute atomic E-state index is 0.00764. The minimum atomic E-state index is -0.205. The van der Waals surface area contributed by atoms with Crippen molar-refractivity contribution in [3.05, 3.63) is 41.5 Å². The van der Waals surface area contributed by atoms with Gasteiger partial charge in [-0.15, -0.1) is 0 Å². The van der Waals surface area contributed by atoms with Crippen LogP contribution < -0.4 is 10.2 Å². The minimum Gasteiger partial charge on any atom is -0.483 e. The van der Waals surface area contributed by atoms with E-state index < -0.39 is 0 Å². The Morgan fingerprint density at radius 2 is 2.26 bits per heavy atom. The Hall–Kier alpha value is -2.10. The van der Waals surface area contributed by atoms with Gasteiger partial charge in [-0.3, -0.25) is 4.79 Å². The summed E-state index contributed by atoms with van der Waals surface area (Å²) >= 11 is 0. The molecule has 3 rings (SSSR count). The fourth-order valence-electron chi connectivity index (χ4n) is 3.22. The fourth-order valence-corrected chi connectivity index (χ4v) is 3.22. The Bertz CT molecular complexity index is 661. The lowest BCUT2D eigenvalue weighted by atomic mass is 9.74. The van der Waals surface area contributed by atoms with Gasteiger partial charge in [-0.2, -0.15) is 5.10 Å². The van der Waals surface area contributed by atoms with E-state index in [1.54, 1.807) is 0 Å². The lowest BCUT2D eigenvalue weighted by Crippen LogP contribution is -2.36. The molecule has 122 valence electrons. The Balaban J connectivity index is 1.53. The molecule has 0 aliphatic heterocycles. The van der Waals surface area contributed by atoms with Gasteiger partial charge in [-0.05, 0) is 48.8 Å². The highest BCUT2D eigenvalue weighted by molar-refractivity contribution is 5.94. The number of hydrogen-bond acceptors (Lipinski definition) is 3. The van der Waals surface area contributed by atoms with Crippen LogP contribution in [-0.4, -0.2) is 18.2 Å². The summed E-state index contributed by atoms with van der Waals surface area (Å²) < 4.78 is 5.72. The van der Waals surface area contributed by atoms with E-state index in [1.807, 2.05) is 13.0 Å². The first-order chi connectivity index (χ1) is 11.0. The molecule has 1 N–H and O–H groups in total. The number of carbonyl (C=O) groups is 1. The summed E-state index contributed by atoms with van der Waals surface area (Å²) in [5, 5.41) is 4.26. The molecule has 4 nitrogen and oxygen atoms in total. The van der Waals surface area contributed by atoms with Crippen LogP contribution in [0, 0.1) is 18.8 Å². The zero-order valence-corrected chi connectivity index (χ0v) is 14.0. The second-order valence-electron chi connectivity index (χ2n) is 6.76. The SMILES string of the molecule is Cc1ccc(C(C)C)c(OCC(=O)N/N=C2/C[C@@H]3C=CC[C@@H]23)c1. The summed E-state index contributed by atoms with van der Waals surface area (Å²) in [6.45, 7) is 6.25. The van der Waals surface area contributed by atoms with E-state index in [0.717, 1.165) is 35.4 Å². The van der Waals surface area contributed by atoms with Crippen molar-refractivity contribution in [2.75, 3.05) is 6.61 Å². The van der Waals surface area contributed by atoms with Crippen LogP contribution in [0.1, 0.15) is 43.7 Å². The van der Waals surface area contributed by atoms with Gasteiger partial charge in [0.15, 0.2) is 6.61 Å². The number of carbonyl (C=O) groups excluding carboxylic acids is 1. The van der Waals surface area contributed by atoms with Crippen LogP contribution in [0.15, 0.2) is 35.5 Å². The second-order valence-corrected chi connectivity index (χ2v) is 6.76. The van der Waals surface area contributed by atoms with Crippen molar-refractivity contribution < 1.29 is 9.53 Å². The van der Waals surface area contributed by atoms with Crippen LogP contribution >= 0.6 is 0 Å². The largest absolute Gasteiger partial charge is 0.483 e. The maximum atomic E-state index is 12.0. The molecule has 2 atom stereocenters. The van der Waals surface area contributed by atoms with Gasteiger partial charge in [0.2, 0.25) is 0 Å². The molecule has 1 amide bonds. The highest BCUT2D eigenvalue weighted by Crippen LogP contribution is 2.40. The molecular formula is C19H24N2O2.